The second-order valence-corrected chi connectivity index (χ2v) is 9.41. The third kappa shape index (κ3) is 3.66. The molecule has 0 heterocycles. The Morgan fingerprint density at radius 1 is 0.688 bits per heavy atom. The molecule has 16 heavy (non-hydrogen) atoms. The van der Waals surface area contributed by atoms with E-state index in [1.165, 1.54) is 12.3 Å². The van der Waals surface area contributed by atoms with E-state index in [0.717, 1.165) is 0 Å². The van der Waals surface area contributed by atoms with Gasteiger partial charge in [0.05, 0.1) is 0 Å². The molecule has 0 bridgehead atoms. The van der Waals surface area contributed by atoms with E-state index in [2.05, 4.69) is 67.2 Å². The van der Waals surface area contributed by atoms with Crippen LogP contribution >= 0.6 is 0 Å². The van der Waals surface area contributed by atoms with Gasteiger partial charge in [-0.1, -0.05) is 0 Å². The Morgan fingerprint density at radius 3 is 1.44 bits per heavy atom. The SMILES string of the molecule is C=C([Se]c1ccccc1)[Se]c1ccccc1. The third-order valence-corrected chi connectivity index (χ3v) is 6.85. The molecule has 2 aromatic carbocycles. The minimum atomic E-state index is 0.414. The van der Waals surface area contributed by atoms with Crippen molar-refractivity contribution in [3.05, 3.63) is 70.6 Å². The molecule has 0 fully saturated rings. The maximum atomic E-state index is 4.20. The number of rotatable bonds is 4. The molecule has 0 nitrogen and oxygen atoms in total. The average Bonchev–Trinajstić information content (AvgIpc) is 2.31. The Hall–Kier alpha value is -0.781. The van der Waals surface area contributed by atoms with E-state index in [-0.39, 0.29) is 0 Å². The van der Waals surface area contributed by atoms with Crippen LogP contribution < -0.4 is 8.92 Å². The summed E-state index contributed by atoms with van der Waals surface area (Å²) in [6, 6.07) is 21.3. The fourth-order valence-corrected chi connectivity index (χ4v) is 6.23. The molecule has 0 amide bonds. The van der Waals surface area contributed by atoms with Gasteiger partial charge in [-0.2, -0.15) is 0 Å². The Kier molecular flexibility index (Phi) is 4.44. The van der Waals surface area contributed by atoms with E-state index in [1.54, 1.807) is 0 Å². The van der Waals surface area contributed by atoms with E-state index in [1.807, 2.05) is 0 Å². The van der Waals surface area contributed by atoms with Crippen molar-refractivity contribution in [2.75, 3.05) is 0 Å². The van der Waals surface area contributed by atoms with Crippen LogP contribution in [0.4, 0.5) is 0 Å². The van der Waals surface area contributed by atoms with Crippen LogP contribution in [0.2, 0.25) is 0 Å². The van der Waals surface area contributed by atoms with Crippen molar-refractivity contribution >= 4 is 38.8 Å². The van der Waals surface area contributed by atoms with Crippen LogP contribution in [-0.4, -0.2) is 29.9 Å². The molecule has 0 N–H and O–H groups in total. The predicted molar refractivity (Wildman–Crippen MR) is 72.8 cm³/mol. The molecule has 0 atom stereocenters. The van der Waals surface area contributed by atoms with Crippen molar-refractivity contribution < 1.29 is 0 Å². The van der Waals surface area contributed by atoms with E-state index in [4.69, 9.17) is 0 Å². The van der Waals surface area contributed by atoms with Crippen molar-refractivity contribution in [3.8, 4) is 0 Å². The Balaban J connectivity index is 1.95. The summed E-state index contributed by atoms with van der Waals surface area (Å²) in [5.41, 5.74) is 0. The number of benzene rings is 2. The molecular formula is C14H12Se2. The van der Waals surface area contributed by atoms with E-state index in [0.29, 0.717) is 29.9 Å². The van der Waals surface area contributed by atoms with Crippen LogP contribution in [-0.2, 0) is 0 Å². The van der Waals surface area contributed by atoms with Crippen LogP contribution in [0.5, 0.6) is 0 Å². The fourth-order valence-electron chi connectivity index (χ4n) is 1.26. The van der Waals surface area contributed by atoms with Crippen LogP contribution in [0, 0.1) is 0 Å². The molecule has 0 saturated carbocycles. The fraction of sp³-hybridized carbons (Fsp3) is 0. The average molecular weight is 338 g/mol. The summed E-state index contributed by atoms with van der Waals surface area (Å²) < 4.78 is 4.22. The van der Waals surface area contributed by atoms with Gasteiger partial charge in [0.15, 0.2) is 0 Å². The Bertz CT molecular complexity index is 405. The Labute approximate surface area is 109 Å². The van der Waals surface area contributed by atoms with Crippen LogP contribution in [0.1, 0.15) is 0 Å². The normalized spacial score (nSPS) is 10.0. The van der Waals surface area contributed by atoms with E-state index in [9.17, 15) is 0 Å². The number of hydrogen-bond acceptors (Lipinski definition) is 0. The molecule has 0 saturated heterocycles. The number of hydrogen-bond donors (Lipinski definition) is 0. The van der Waals surface area contributed by atoms with Crippen LogP contribution in [0.25, 0.3) is 0 Å². The van der Waals surface area contributed by atoms with Crippen molar-refractivity contribution in [2.24, 2.45) is 0 Å². The van der Waals surface area contributed by atoms with Gasteiger partial charge in [0.25, 0.3) is 0 Å². The van der Waals surface area contributed by atoms with Gasteiger partial charge in [-0.25, -0.2) is 0 Å². The van der Waals surface area contributed by atoms with Gasteiger partial charge in [-0.05, 0) is 0 Å². The quantitative estimate of drug-likeness (QED) is 0.742. The van der Waals surface area contributed by atoms with Gasteiger partial charge < -0.3 is 0 Å². The standard InChI is InChI=1S/C14H12Se2/c1-12(15-13-8-4-2-5-9-13)16-14-10-6-3-7-11-14/h2-11H,1H2. The molecule has 0 aliphatic carbocycles. The van der Waals surface area contributed by atoms with Crippen molar-refractivity contribution in [1.82, 2.24) is 0 Å². The van der Waals surface area contributed by atoms with Gasteiger partial charge in [-0.15, -0.1) is 0 Å². The second kappa shape index (κ2) is 6.08. The topological polar surface area (TPSA) is 0 Å². The van der Waals surface area contributed by atoms with Gasteiger partial charge >= 0.3 is 109 Å². The molecule has 2 aromatic rings. The van der Waals surface area contributed by atoms with Gasteiger partial charge in [0.1, 0.15) is 0 Å². The minimum absolute atomic E-state index is 0.414. The first-order valence-electron chi connectivity index (χ1n) is 4.99. The zero-order valence-electron chi connectivity index (χ0n) is 8.80. The molecule has 0 radical (unpaired) electrons. The summed E-state index contributed by atoms with van der Waals surface area (Å²) in [5, 5.41) is 0. The Morgan fingerprint density at radius 2 is 1.06 bits per heavy atom. The predicted octanol–water partition coefficient (Wildman–Crippen LogP) is 1.52. The zero-order valence-corrected chi connectivity index (χ0v) is 12.2. The summed E-state index contributed by atoms with van der Waals surface area (Å²) in [6.07, 6.45) is 0. The molecule has 0 aliphatic rings. The van der Waals surface area contributed by atoms with Crippen molar-refractivity contribution in [1.29, 1.82) is 0 Å². The van der Waals surface area contributed by atoms with Gasteiger partial charge in [0.2, 0.25) is 0 Å². The van der Waals surface area contributed by atoms with E-state index < -0.39 is 0 Å². The second-order valence-electron chi connectivity index (χ2n) is 3.20. The summed E-state index contributed by atoms with van der Waals surface area (Å²) in [4.78, 5) is 0. The van der Waals surface area contributed by atoms with Crippen LogP contribution in [0.3, 0.4) is 0 Å². The summed E-state index contributed by atoms with van der Waals surface area (Å²) >= 11 is 0.828. The molecule has 0 unspecified atom stereocenters. The molecule has 2 rings (SSSR count). The monoisotopic (exact) mass is 340 g/mol. The van der Waals surface area contributed by atoms with Crippen molar-refractivity contribution in [2.45, 2.75) is 0 Å². The third-order valence-electron chi connectivity index (χ3n) is 1.95. The van der Waals surface area contributed by atoms with Crippen molar-refractivity contribution in [3.63, 3.8) is 0 Å². The first kappa shape index (κ1) is 11.7. The summed E-state index contributed by atoms with van der Waals surface area (Å²) in [6.45, 7) is 4.20. The van der Waals surface area contributed by atoms with Crippen LogP contribution in [0.15, 0.2) is 70.6 Å². The van der Waals surface area contributed by atoms with Gasteiger partial charge in [-0.3, -0.25) is 0 Å². The maximum absolute atomic E-state index is 4.20. The molecule has 0 aliphatic heterocycles. The molecule has 0 aromatic heterocycles. The molecule has 0 spiro atoms. The molecule has 80 valence electrons. The van der Waals surface area contributed by atoms with Gasteiger partial charge in [0, 0.05) is 0 Å². The zero-order chi connectivity index (χ0) is 11.2. The molecule has 2 heteroatoms. The first-order valence-corrected chi connectivity index (χ1v) is 8.42. The summed E-state index contributed by atoms with van der Waals surface area (Å²) in [7, 11) is 0. The molecular weight excluding hydrogens is 326 g/mol. The summed E-state index contributed by atoms with van der Waals surface area (Å²) in [5.74, 6) is 0. The first-order chi connectivity index (χ1) is 7.84. The van der Waals surface area contributed by atoms with E-state index >= 15 is 0 Å².